The lowest BCUT2D eigenvalue weighted by Crippen LogP contribution is -2.34. The molecular weight excluding hydrogens is 222 g/mol. The molecule has 0 spiro atoms. The summed E-state index contributed by atoms with van der Waals surface area (Å²) in [5, 5.41) is 0. The van der Waals surface area contributed by atoms with Crippen LogP contribution in [0.15, 0.2) is 0 Å². The fourth-order valence-corrected chi connectivity index (χ4v) is 3.01. The van der Waals surface area contributed by atoms with Gasteiger partial charge in [-0.15, -0.1) is 0 Å². The van der Waals surface area contributed by atoms with Gasteiger partial charge in [0.25, 0.3) is 0 Å². The molecule has 0 amide bonds. The summed E-state index contributed by atoms with van der Waals surface area (Å²) in [6.07, 6.45) is 1.74. The van der Waals surface area contributed by atoms with Gasteiger partial charge in [0, 0.05) is 18.3 Å². The topological polar surface area (TPSA) is 29.5 Å². The first-order chi connectivity index (χ1) is 7.38. The number of nitrogens with zero attached hydrogens (tertiary/aromatic N) is 1. The van der Waals surface area contributed by atoms with Crippen LogP contribution in [0.2, 0.25) is 0 Å². The zero-order chi connectivity index (χ0) is 12.2. The van der Waals surface area contributed by atoms with E-state index in [9.17, 15) is 4.79 Å². The van der Waals surface area contributed by atoms with Crippen molar-refractivity contribution in [3.05, 3.63) is 0 Å². The fourth-order valence-electron chi connectivity index (χ4n) is 1.71. The summed E-state index contributed by atoms with van der Waals surface area (Å²) in [5.74, 6) is 2.36. The average Bonchev–Trinajstić information content (AvgIpc) is 2.64. The molecule has 0 aliphatic carbocycles. The monoisotopic (exact) mass is 245 g/mol. The first-order valence-corrected chi connectivity index (χ1v) is 7.04. The lowest BCUT2D eigenvalue weighted by atomic mass is 10.2. The molecule has 1 fully saturated rings. The molecule has 0 bridgehead atoms. The number of hydrogen-bond donors (Lipinski definition) is 0. The summed E-state index contributed by atoms with van der Waals surface area (Å²) >= 11 is 2.00. The van der Waals surface area contributed by atoms with Crippen LogP contribution in [0.3, 0.4) is 0 Å². The van der Waals surface area contributed by atoms with Crippen LogP contribution in [0.4, 0.5) is 0 Å². The van der Waals surface area contributed by atoms with Crippen LogP contribution < -0.4 is 0 Å². The van der Waals surface area contributed by atoms with E-state index in [1.807, 2.05) is 32.5 Å². The van der Waals surface area contributed by atoms with Crippen molar-refractivity contribution in [2.45, 2.75) is 45.3 Å². The van der Waals surface area contributed by atoms with Crippen LogP contribution in [0, 0.1) is 0 Å². The second kappa shape index (κ2) is 5.92. The van der Waals surface area contributed by atoms with Gasteiger partial charge in [0.2, 0.25) is 0 Å². The molecule has 0 aromatic rings. The zero-order valence-electron chi connectivity index (χ0n) is 10.8. The van der Waals surface area contributed by atoms with Crippen molar-refractivity contribution >= 4 is 17.7 Å². The Labute approximate surface area is 103 Å². The van der Waals surface area contributed by atoms with E-state index in [2.05, 4.69) is 11.9 Å². The van der Waals surface area contributed by atoms with Gasteiger partial charge >= 0.3 is 5.97 Å². The molecule has 1 saturated heterocycles. The Balaban J connectivity index is 2.20. The molecule has 4 heteroatoms. The normalized spacial score (nSPS) is 21.4. The maximum atomic E-state index is 11.5. The van der Waals surface area contributed by atoms with E-state index in [4.69, 9.17) is 4.74 Å². The molecule has 0 aromatic carbocycles. The van der Waals surface area contributed by atoms with Gasteiger partial charge in [0.1, 0.15) is 5.60 Å². The summed E-state index contributed by atoms with van der Waals surface area (Å²) in [5.41, 5.74) is -0.362. The van der Waals surface area contributed by atoms with Gasteiger partial charge < -0.3 is 9.64 Å². The van der Waals surface area contributed by atoms with E-state index in [1.165, 1.54) is 17.9 Å². The van der Waals surface area contributed by atoms with Crippen LogP contribution >= 0.6 is 11.8 Å². The molecule has 0 aromatic heterocycles. The van der Waals surface area contributed by atoms with Gasteiger partial charge in [0.05, 0.1) is 6.42 Å². The first-order valence-electron chi connectivity index (χ1n) is 5.88. The Kier molecular flexibility index (Phi) is 5.12. The largest absolute Gasteiger partial charge is 0.460 e. The third kappa shape index (κ3) is 5.21. The summed E-state index contributed by atoms with van der Waals surface area (Å²) < 4.78 is 5.28. The lowest BCUT2D eigenvalue weighted by molar-refractivity contribution is -0.155. The molecule has 3 nitrogen and oxygen atoms in total. The van der Waals surface area contributed by atoms with Crippen molar-refractivity contribution in [1.29, 1.82) is 0 Å². The number of carbonyl (C=O) groups is 1. The van der Waals surface area contributed by atoms with Crippen LogP contribution in [0.1, 0.15) is 33.6 Å². The molecule has 0 N–H and O–H groups in total. The van der Waals surface area contributed by atoms with Crippen molar-refractivity contribution in [3.8, 4) is 0 Å². The number of esters is 1. The van der Waals surface area contributed by atoms with Crippen molar-refractivity contribution in [3.63, 3.8) is 0 Å². The fraction of sp³-hybridized carbons (Fsp3) is 0.917. The number of ether oxygens (including phenoxy) is 1. The van der Waals surface area contributed by atoms with Crippen molar-refractivity contribution in [2.75, 3.05) is 25.1 Å². The van der Waals surface area contributed by atoms with Gasteiger partial charge in [-0.1, -0.05) is 0 Å². The van der Waals surface area contributed by atoms with Gasteiger partial charge in [-0.3, -0.25) is 4.79 Å². The molecule has 1 rings (SSSR count). The van der Waals surface area contributed by atoms with E-state index in [1.54, 1.807) is 0 Å². The van der Waals surface area contributed by atoms with Crippen LogP contribution in [0.25, 0.3) is 0 Å². The third-order valence-electron chi connectivity index (χ3n) is 2.62. The van der Waals surface area contributed by atoms with Gasteiger partial charge in [-0.25, -0.2) is 0 Å². The predicted molar refractivity (Wildman–Crippen MR) is 68.8 cm³/mol. The number of hydrogen-bond acceptors (Lipinski definition) is 4. The molecule has 0 saturated carbocycles. The van der Waals surface area contributed by atoms with Gasteiger partial charge in [-0.05, 0) is 40.0 Å². The lowest BCUT2D eigenvalue weighted by Gasteiger charge is -2.24. The van der Waals surface area contributed by atoms with E-state index >= 15 is 0 Å². The number of thioether (sulfide) groups is 1. The van der Waals surface area contributed by atoms with E-state index in [-0.39, 0.29) is 11.6 Å². The highest BCUT2D eigenvalue weighted by Gasteiger charge is 2.21. The van der Waals surface area contributed by atoms with Crippen LogP contribution in [0.5, 0.6) is 0 Å². The highest BCUT2D eigenvalue weighted by Crippen LogP contribution is 2.21. The zero-order valence-corrected chi connectivity index (χ0v) is 11.6. The third-order valence-corrected chi connectivity index (χ3v) is 3.76. The highest BCUT2D eigenvalue weighted by molar-refractivity contribution is 7.99. The minimum atomic E-state index is -0.362. The molecule has 1 heterocycles. The van der Waals surface area contributed by atoms with Crippen molar-refractivity contribution in [1.82, 2.24) is 4.90 Å². The molecule has 94 valence electrons. The summed E-state index contributed by atoms with van der Waals surface area (Å²) in [4.78, 5) is 13.8. The van der Waals surface area contributed by atoms with Gasteiger partial charge in [-0.2, -0.15) is 11.8 Å². The quantitative estimate of drug-likeness (QED) is 0.710. The molecule has 1 aliphatic heterocycles. The van der Waals surface area contributed by atoms with Crippen LogP contribution in [-0.4, -0.2) is 47.6 Å². The second-order valence-electron chi connectivity index (χ2n) is 5.33. The Morgan fingerprint density at radius 3 is 2.69 bits per heavy atom. The smallest absolute Gasteiger partial charge is 0.307 e. The number of rotatable bonds is 4. The Hall–Kier alpha value is -0.220. The van der Waals surface area contributed by atoms with E-state index in [0.717, 1.165) is 6.54 Å². The summed E-state index contributed by atoms with van der Waals surface area (Å²) in [6.45, 7) is 6.52. The Morgan fingerprint density at radius 1 is 1.50 bits per heavy atom. The Morgan fingerprint density at radius 2 is 2.19 bits per heavy atom. The number of carbonyl (C=O) groups excluding carboxylic acids is 1. The molecule has 16 heavy (non-hydrogen) atoms. The SMILES string of the molecule is CN(CCC(=O)OC(C)(C)C)C1CCSC1. The van der Waals surface area contributed by atoms with Crippen molar-refractivity contribution < 1.29 is 9.53 Å². The maximum absolute atomic E-state index is 11.5. The Bertz CT molecular complexity index is 232. The van der Waals surface area contributed by atoms with Gasteiger partial charge in [0.15, 0.2) is 0 Å². The first kappa shape index (κ1) is 13.8. The maximum Gasteiger partial charge on any atom is 0.307 e. The summed E-state index contributed by atoms with van der Waals surface area (Å²) in [6, 6.07) is 0.646. The summed E-state index contributed by atoms with van der Waals surface area (Å²) in [7, 11) is 2.10. The van der Waals surface area contributed by atoms with E-state index in [0.29, 0.717) is 12.5 Å². The predicted octanol–water partition coefficient (Wildman–Crippen LogP) is 2.16. The van der Waals surface area contributed by atoms with Crippen molar-refractivity contribution in [2.24, 2.45) is 0 Å². The second-order valence-corrected chi connectivity index (χ2v) is 6.48. The molecule has 1 aliphatic rings. The van der Waals surface area contributed by atoms with Crippen LogP contribution in [-0.2, 0) is 9.53 Å². The molecule has 1 atom stereocenters. The molecular formula is C12H23NO2S. The minimum absolute atomic E-state index is 0.0926. The average molecular weight is 245 g/mol. The van der Waals surface area contributed by atoms with E-state index < -0.39 is 0 Å². The minimum Gasteiger partial charge on any atom is -0.460 e. The molecule has 1 unspecified atom stereocenters. The highest BCUT2D eigenvalue weighted by atomic mass is 32.2. The standard InChI is InChI=1S/C12H23NO2S/c1-12(2,3)15-11(14)5-7-13(4)10-6-8-16-9-10/h10H,5-9H2,1-4H3. The molecule has 0 radical (unpaired) electrons.